The molecule has 0 bridgehead atoms. The summed E-state index contributed by atoms with van der Waals surface area (Å²) in [5.41, 5.74) is 7.86. The van der Waals surface area contributed by atoms with Crippen molar-refractivity contribution in [3.8, 4) is 10.4 Å². The number of aromatic nitrogens is 1. The Labute approximate surface area is 154 Å². The molecule has 0 atom stereocenters. The Kier molecular flexibility index (Phi) is 5.65. The highest BCUT2D eigenvalue weighted by Gasteiger charge is 2.07. The van der Waals surface area contributed by atoms with E-state index >= 15 is 0 Å². The number of nitrogens with zero attached hydrogens (tertiary/aromatic N) is 1. The predicted molar refractivity (Wildman–Crippen MR) is 104 cm³/mol. The number of para-hydroxylation sites is 1. The van der Waals surface area contributed by atoms with Crippen molar-refractivity contribution in [2.45, 2.75) is 6.42 Å². The molecule has 5 nitrogen and oxygen atoms in total. The summed E-state index contributed by atoms with van der Waals surface area (Å²) in [7, 11) is 0. The molecule has 0 saturated carbocycles. The van der Waals surface area contributed by atoms with Crippen molar-refractivity contribution in [2.75, 3.05) is 17.2 Å². The van der Waals surface area contributed by atoms with Crippen LogP contribution >= 0.6 is 22.9 Å². The zero-order chi connectivity index (χ0) is 17.6. The molecular formula is C18H17ClN4OS. The average Bonchev–Trinajstić information content (AvgIpc) is 3.07. The van der Waals surface area contributed by atoms with Gasteiger partial charge in [-0.05, 0) is 36.4 Å². The Morgan fingerprint density at radius 2 is 1.88 bits per heavy atom. The van der Waals surface area contributed by atoms with Gasteiger partial charge in [0, 0.05) is 18.3 Å². The van der Waals surface area contributed by atoms with Crippen molar-refractivity contribution in [2.24, 2.45) is 5.73 Å². The fourth-order valence-corrected chi connectivity index (χ4v) is 3.37. The molecule has 3 aromatic rings. The molecular weight excluding hydrogens is 356 g/mol. The van der Waals surface area contributed by atoms with Gasteiger partial charge in [-0.15, -0.1) is 11.3 Å². The van der Waals surface area contributed by atoms with E-state index in [0.29, 0.717) is 22.9 Å². The molecule has 0 fully saturated rings. The van der Waals surface area contributed by atoms with E-state index < -0.39 is 0 Å². The molecule has 0 unspecified atom stereocenters. The van der Waals surface area contributed by atoms with Crippen LogP contribution in [0.1, 0.15) is 5.01 Å². The van der Waals surface area contributed by atoms with Gasteiger partial charge in [-0.2, -0.15) is 0 Å². The van der Waals surface area contributed by atoms with Crippen LogP contribution in [0.3, 0.4) is 0 Å². The van der Waals surface area contributed by atoms with E-state index in [9.17, 15) is 4.79 Å². The van der Waals surface area contributed by atoms with E-state index in [4.69, 9.17) is 17.3 Å². The molecule has 3 rings (SSSR count). The smallest absolute Gasteiger partial charge is 0.323 e. The summed E-state index contributed by atoms with van der Waals surface area (Å²) in [4.78, 5) is 17.5. The number of hydrogen-bond acceptors (Lipinski definition) is 4. The number of carbonyl (C=O) groups excluding carboxylic acids is 1. The zero-order valence-electron chi connectivity index (χ0n) is 13.3. The lowest BCUT2D eigenvalue weighted by Crippen LogP contribution is -2.19. The number of carbonyl (C=O) groups is 1. The first-order chi connectivity index (χ1) is 12.2. The van der Waals surface area contributed by atoms with Gasteiger partial charge in [-0.1, -0.05) is 35.9 Å². The second-order valence-corrected chi connectivity index (χ2v) is 6.82. The van der Waals surface area contributed by atoms with Gasteiger partial charge in [0.2, 0.25) is 0 Å². The zero-order valence-corrected chi connectivity index (χ0v) is 14.9. The number of anilines is 2. The molecule has 1 heterocycles. The molecule has 0 aliphatic rings. The predicted octanol–water partition coefficient (Wildman–Crippen LogP) is 4.61. The summed E-state index contributed by atoms with van der Waals surface area (Å²) in [6.07, 6.45) is 2.63. The Balaban J connectivity index is 1.64. The molecule has 0 aliphatic carbocycles. The maximum absolute atomic E-state index is 12.1. The summed E-state index contributed by atoms with van der Waals surface area (Å²) in [5, 5.41) is 7.02. The van der Waals surface area contributed by atoms with Crippen molar-refractivity contribution >= 4 is 40.3 Å². The Morgan fingerprint density at radius 1 is 1.12 bits per heavy atom. The number of urea groups is 1. The largest absolute Gasteiger partial charge is 0.330 e. The van der Waals surface area contributed by atoms with Crippen LogP contribution in [0.25, 0.3) is 10.4 Å². The van der Waals surface area contributed by atoms with Crippen LogP contribution in [-0.2, 0) is 6.42 Å². The minimum atomic E-state index is -0.344. The monoisotopic (exact) mass is 372 g/mol. The fraction of sp³-hybridized carbons (Fsp3) is 0.111. The minimum absolute atomic E-state index is 0.344. The van der Waals surface area contributed by atoms with E-state index in [1.807, 2.05) is 42.6 Å². The average molecular weight is 373 g/mol. The second-order valence-electron chi connectivity index (χ2n) is 5.29. The number of rotatable bonds is 5. The third kappa shape index (κ3) is 4.57. The van der Waals surface area contributed by atoms with Crippen molar-refractivity contribution < 1.29 is 4.79 Å². The van der Waals surface area contributed by atoms with Gasteiger partial charge < -0.3 is 16.4 Å². The highest BCUT2D eigenvalue weighted by Crippen LogP contribution is 2.27. The fourth-order valence-electron chi connectivity index (χ4n) is 2.25. The first kappa shape index (κ1) is 17.4. The van der Waals surface area contributed by atoms with E-state index in [-0.39, 0.29) is 6.03 Å². The third-order valence-electron chi connectivity index (χ3n) is 3.46. The number of halogens is 1. The Hall–Kier alpha value is -2.41. The van der Waals surface area contributed by atoms with Crippen LogP contribution in [0.2, 0.25) is 5.02 Å². The number of nitrogens with one attached hydrogen (secondary N) is 2. The van der Waals surface area contributed by atoms with Crippen molar-refractivity contribution in [3.63, 3.8) is 0 Å². The van der Waals surface area contributed by atoms with E-state index in [2.05, 4.69) is 15.6 Å². The van der Waals surface area contributed by atoms with Gasteiger partial charge in [0.05, 0.1) is 20.6 Å². The number of amides is 2. The van der Waals surface area contributed by atoms with Crippen LogP contribution in [0.5, 0.6) is 0 Å². The van der Waals surface area contributed by atoms with Gasteiger partial charge >= 0.3 is 6.03 Å². The first-order valence-electron chi connectivity index (χ1n) is 7.73. The molecule has 128 valence electrons. The SMILES string of the molecule is NCCc1ncc(-c2ccc(NC(=O)Nc3ccccc3Cl)cc2)s1. The molecule has 2 amide bonds. The van der Waals surface area contributed by atoms with E-state index in [1.165, 1.54) is 0 Å². The standard InChI is InChI=1S/C18H17ClN4OS/c19-14-3-1-2-4-15(14)23-18(24)22-13-7-5-12(6-8-13)16-11-21-17(25-16)9-10-20/h1-8,11H,9-10,20H2,(H2,22,23,24). The number of nitrogens with two attached hydrogens (primary N) is 1. The van der Waals surface area contributed by atoms with Crippen molar-refractivity contribution in [1.82, 2.24) is 4.98 Å². The van der Waals surface area contributed by atoms with Gasteiger partial charge in [-0.3, -0.25) is 0 Å². The molecule has 4 N–H and O–H groups in total. The lowest BCUT2D eigenvalue weighted by Gasteiger charge is -2.09. The summed E-state index contributed by atoms with van der Waals surface area (Å²) in [6.45, 7) is 0.594. The highest BCUT2D eigenvalue weighted by atomic mass is 35.5. The van der Waals surface area contributed by atoms with Gasteiger partial charge in [0.15, 0.2) is 0 Å². The van der Waals surface area contributed by atoms with Crippen LogP contribution in [0, 0.1) is 0 Å². The molecule has 2 aromatic carbocycles. The quantitative estimate of drug-likeness (QED) is 0.611. The number of hydrogen-bond donors (Lipinski definition) is 3. The Bertz CT molecular complexity index is 864. The van der Waals surface area contributed by atoms with Crippen molar-refractivity contribution in [1.29, 1.82) is 0 Å². The number of benzene rings is 2. The molecule has 0 spiro atoms. The topological polar surface area (TPSA) is 80.0 Å². The van der Waals surface area contributed by atoms with Crippen LogP contribution in [0.15, 0.2) is 54.7 Å². The summed E-state index contributed by atoms with van der Waals surface area (Å²) < 4.78 is 0. The highest BCUT2D eigenvalue weighted by molar-refractivity contribution is 7.15. The minimum Gasteiger partial charge on any atom is -0.330 e. The summed E-state index contributed by atoms with van der Waals surface area (Å²) in [5.74, 6) is 0. The number of thiazole rings is 1. The van der Waals surface area contributed by atoms with Gasteiger partial charge in [0.25, 0.3) is 0 Å². The Morgan fingerprint density at radius 3 is 2.60 bits per heavy atom. The molecule has 0 radical (unpaired) electrons. The van der Waals surface area contributed by atoms with Crippen LogP contribution < -0.4 is 16.4 Å². The molecule has 0 aliphatic heterocycles. The van der Waals surface area contributed by atoms with Crippen LogP contribution in [0.4, 0.5) is 16.2 Å². The third-order valence-corrected chi connectivity index (χ3v) is 4.90. The molecule has 25 heavy (non-hydrogen) atoms. The van der Waals surface area contributed by atoms with Gasteiger partial charge in [0.1, 0.15) is 0 Å². The molecule has 7 heteroatoms. The molecule has 1 aromatic heterocycles. The summed E-state index contributed by atoms with van der Waals surface area (Å²) in [6, 6.07) is 14.3. The second kappa shape index (κ2) is 8.11. The lowest BCUT2D eigenvalue weighted by atomic mass is 10.2. The van der Waals surface area contributed by atoms with Crippen molar-refractivity contribution in [3.05, 3.63) is 64.8 Å². The van der Waals surface area contributed by atoms with Gasteiger partial charge in [-0.25, -0.2) is 9.78 Å². The van der Waals surface area contributed by atoms with E-state index in [1.54, 1.807) is 23.5 Å². The molecule has 0 saturated heterocycles. The first-order valence-corrected chi connectivity index (χ1v) is 8.93. The lowest BCUT2D eigenvalue weighted by molar-refractivity contribution is 0.262. The summed E-state index contributed by atoms with van der Waals surface area (Å²) >= 11 is 7.66. The maximum atomic E-state index is 12.1. The normalized spacial score (nSPS) is 10.5. The maximum Gasteiger partial charge on any atom is 0.323 e. The van der Waals surface area contributed by atoms with E-state index in [0.717, 1.165) is 21.9 Å². The van der Waals surface area contributed by atoms with Crippen LogP contribution in [-0.4, -0.2) is 17.6 Å².